The number of likely N-dealkylation sites (N-methyl/N-ethyl adjacent to an activating group) is 1. The molecule has 2 aromatic rings. The van der Waals surface area contributed by atoms with Crippen molar-refractivity contribution in [1.29, 1.82) is 0 Å². The van der Waals surface area contributed by atoms with E-state index in [1.165, 1.54) is 11.9 Å². The molecule has 3 rings (SSSR count). The lowest BCUT2D eigenvalue weighted by Gasteiger charge is -2.26. The normalized spacial score (nSPS) is 16.2. The summed E-state index contributed by atoms with van der Waals surface area (Å²) in [4.78, 5) is 38.6. The average molecular weight is 441 g/mol. The van der Waals surface area contributed by atoms with Gasteiger partial charge in [0.1, 0.15) is 29.7 Å². The standard InChI is InChI=1S/C23H27N3O6/c1-23(2)21(28)25(22(29)24(23)3)13-18(26(30)15-27)14-32-20-11-7-17(8-12-20)16-5-9-19(31-4)10-6-16/h5-12,15,18,30H,13-14H2,1-4H3/t18-/m1/s1. The highest BCUT2D eigenvalue weighted by molar-refractivity contribution is 6.06. The number of benzene rings is 2. The maximum atomic E-state index is 12.6. The van der Waals surface area contributed by atoms with Crippen LogP contribution in [-0.4, -0.2) is 77.3 Å². The molecule has 0 aromatic heterocycles. The Bertz CT molecular complexity index is 974. The molecule has 0 radical (unpaired) electrons. The summed E-state index contributed by atoms with van der Waals surface area (Å²) in [6, 6.07) is 13.5. The van der Waals surface area contributed by atoms with Crippen molar-refractivity contribution in [3.63, 3.8) is 0 Å². The Morgan fingerprint density at radius 3 is 2.00 bits per heavy atom. The van der Waals surface area contributed by atoms with E-state index in [1.807, 2.05) is 36.4 Å². The van der Waals surface area contributed by atoms with Crippen LogP contribution in [-0.2, 0) is 9.59 Å². The van der Waals surface area contributed by atoms with E-state index in [0.717, 1.165) is 21.8 Å². The summed E-state index contributed by atoms with van der Waals surface area (Å²) in [5.74, 6) is 0.884. The van der Waals surface area contributed by atoms with E-state index >= 15 is 0 Å². The van der Waals surface area contributed by atoms with Crippen molar-refractivity contribution in [1.82, 2.24) is 14.9 Å². The molecule has 0 aliphatic carbocycles. The third kappa shape index (κ3) is 4.52. The van der Waals surface area contributed by atoms with Gasteiger partial charge >= 0.3 is 6.03 Å². The summed E-state index contributed by atoms with van der Waals surface area (Å²) in [5.41, 5.74) is 0.989. The van der Waals surface area contributed by atoms with E-state index in [-0.39, 0.29) is 19.6 Å². The highest BCUT2D eigenvalue weighted by atomic mass is 16.5. The van der Waals surface area contributed by atoms with Gasteiger partial charge in [0.05, 0.1) is 13.7 Å². The highest BCUT2D eigenvalue weighted by Crippen LogP contribution is 2.27. The maximum absolute atomic E-state index is 12.6. The van der Waals surface area contributed by atoms with Crippen LogP contribution in [0.25, 0.3) is 11.1 Å². The maximum Gasteiger partial charge on any atom is 0.327 e. The second-order valence-corrected chi connectivity index (χ2v) is 8.02. The molecule has 0 unspecified atom stereocenters. The predicted octanol–water partition coefficient (Wildman–Crippen LogP) is 2.63. The van der Waals surface area contributed by atoms with Crippen molar-refractivity contribution in [2.24, 2.45) is 0 Å². The van der Waals surface area contributed by atoms with Crippen LogP contribution in [0, 0.1) is 0 Å². The number of carbonyl (C=O) groups excluding carboxylic acids is 3. The number of nitrogens with zero attached hydrogens (tertiary/aromatic N) is 3. The minimum Gasteiger partial charge on any atom is -0.497 e. The van der Waals surface area contributed by atoms with Gasteiger partial charge in [-0.25, -0.2) is 9.86 Å². The lowest BCUT2D eigenvalue weighted by molar-refractivity contribution is -0.165. The molecular weight excluding hydrogens is 414 g/mol. The number of carbonyl (C=O) groups is 3. The number of hydroxylamine groups is 2. The lowest BCUT2D eigenvalue weighted by Crippen LogP contribution is -2.48. The van der Waals surface area contributed by atoms with Gasteiger partial charge in [0.15, 0.2) is 0 Å². The molecule has 170 valence electrons. The molecule has 1 fully saturated rings. The molecule has 1 heterocycles. The largest absolute Gasteiger partial charge is 0.497 e. The van der Waals surface area contributed by atoms with E-state index in [2.05, 4.69) is 0 Å². The third-order valence-electron chi connectivity index (χ3n) is 5.72. The lowest BCUT2D eigenvalue weighted by atomic mass is 10.1. The van der Waals surface area contributed by atoms with Gasteiger partial charge in [-0.2, -0.15) is 0 Å². The topological polar surface area (TPSA) is 99.6 Å². The Morgan fingerprint density at radius 1 is 1.03 bits per heavy atom. The molecule has 2 aromatic carbocycles. The van der Waals surface area contributed by atoms with Crippen LogP contribution in [0.3, 0.4) is 0 Å². The first kappa shape index (κ1) is 23.1. The van der Waals surface area contributed by atoms with Crippen LogP contribution in [0.1, 0.15) is 13.8 Å². The molecule has 0 saturated carbocycles. The Morgan fingerprint density at radius 2 is 1.56 bits per heavy atom. The summed E-state index contributed by atoms with van der Waals surface area (Å²) in [6.07, 6.45) is 0.223. The van der Waals surface area contributed by atoms with Gasteiger partial charge in [-0.05, 0) is 49.2 Å². The van der Waals surface area contributed by atoms with E-state index in [0.29, 0.717) is 10.8 Å². The Labute approximate surface area is 186 Å². The van der Waals surface area contributed by atoms with E-state index < -0.39 is 23.5 Å². The summed E-state index contributed by atoms with van der Waals surface area (Å²) >= 11 is 0. The molecule has 1 saturated heterocycles. The van der Waals surface area contributed by atoms with Crippen LogP contribution in [0.5, 0.6) is 11.5 Å². The third-order valence-corrected chi connectivity index (χ3v) is 5.72. The Hall–Kier alpha value is -3.59. The van der Waals surface area contributed by atoms with Crippen LogP contribution in [0.15, 0.2) is 48.5 Å². The number of ether oxygens (including phenoxy) is 2. The number of imide groups is 1. The molecule has 1 atom stereocenters. The van der Waals surface area contributed by atoms with Gasteiger partial charge in [-0.15, -0.1) is 0 Å². The number of amides is 4. The molecule has 4 amide bonds. The fraction of sp³-hybridized carbons (Fsp3) is 0.348. The predicted molar refractivity (Wildman–Crippen MR) is 116 cm³/mol. The summed E-state index contributed by atoms with van der Waals surface area (Å²) < 4.78 is 10.9. The van der Waals surface area contributed by atoms with Gasteiger partial charge in [-0.3, -0.25) is 19.7 Å². The van der Waals surface area contributed by atoms with Gasteiger partial charge in [0.25, 0.3) is 5.91 Å². The molecule has 9 nitrogen and oxygen atoms in total. The number of urea groups is 1. The summed E-state index contributed by atoms with van der Waals surface area (Å²) in [7, 11) is 3.15. The van der Waals surface area contributed by atoms with E-state index in [4.69, 9.17) is 9.47 Å². The Balaban J connectivity index is 1.67. The van der Waals surface area contributed by atoms with Crippen LogP contribution in [0.2, 0.25) is 0 Å². The van der Waals surface area contributed by atoms with Crippen LogP contribution < -0.4 is 9.47 Å². The molecule has 32 heavy (non-hydrogen) atoms. The summed E-state index contributed by atoms with van der Waals surface area (Å²) in [6.45, 7) is 2.97. The van der Waals surface area contributed by atoms with Crippen molar-refractivity contribution in [3.8, 4) is 22.6 Å². The molecule has 1 aliphatic rings. The van der Waals surface area contributed by atoms with Gasteiger partial charge in [0, 0.05) is 7.05 Å². The second-order valence-electron chi connectivity index (χ2n) is 8.02. The highest BCUT2D eigenvalue weighted by Gasteiger charge is 2.50. The fourth-order valence-electron chi connectivity index (χ4n) is 3.37. The number of hydrogen-bond donors (Lipinski definition) is 1. The minimum absolute atomic E-state index is 0.113. The van der Waals surface area contributed by atoms with E-state index in [9.17, 15) is 19.6 Å². The molecule has 1 N–H and O–H groups in total. The average Bonchev–Trinajstić information content (AvgIpc) is 2.96. The second kappa shape index (κ2) is 9.27. The van der Waals surface area contributed by atoms with Crippen molar-refractivity contribution in [2.75, 3.05) is 27.3 Å². The quantitative estimate of drug-likeness (QED) is 0.278. The first-order chi connectivity index (χ1) is 15.2. The van der Waals surface area contributed by atoms with E-state index in [1.54, 1.807) is 33.1 Å². The SMILES string of the molecule is COc1ccc(-c2ccc(OC[C@@H](CN3C(=O)N(C)C(C)(C)C3=O)N(O)C=O)cc2)cc1. The molecule has 1 aliphatic heterocycles. The zero-order valence-electron chi connectivity index (χ0n) is 18.5. The van der Waals surface area contributed by atoms with Gasteiger partial charge < -0.3 is 14.4 Å². The molecule has 0 bridgehead atoms. The number of hydrogen-bond acceptors (Lipinski definition) is 6. The van der Waals surface area contributed by atoms with Gasteiger partial charge in [-0.1, -0.05) is 24.3 Å². The number of rotatable bonds is 9. The van der Waals surface area contributed by atoms with Crippen LogP contribution in [0.4, 0.5) is 4.79 Å². The smallest absolute Gasteiger partial charge is 0.327 e. The van der Waals surface area contributed by atoms with Crippen molar-refractivity contribution >= 4 is 18.3 Å². The number of methoxy groups -OCH3 is 1. The first-order valence-corrected chi connectivity index (χ1v) is 10.1. The molecule has 9 heteroatoms. The fourth-order valence-corrected chi connectivity index (χ4v) is 3.37. The zero-order chi connectivity index (χ0) is 23.5. The Kier molecular flexibility index (Phi) is 6.69. The van der Waals surface area contributed by atoms with Crippen LogP contribution >= 0.6 is 0 Å². The molecule has 0 spiro atoms. The summed E-state index contributed by atoms with van der Waals surface area (Å²) in [5, 5.41) is 10.4. The first-order valence-electron chi connectivity index (χ1n) is 10.1. The molecular formula is C23H27N3O6. The zero-order valence-corrected chi connectivity index (χ0v) is 18.5. The van der Waals surface area contributed by atoms with Gasteiger partial charge in [0.2, 0.25) is 6.41 Å². The minimum atomic E-state index is -0.999. The van der Waals surface area contributed by atoms with Crippen molar-refractivity contribution in [2.45, 2.75) is 25.4 Å². The monoisotopic (exact) mass is 441 g/mol. The van der Waals surface area contributed by atoms with Crippen molar-refractivity contribution < 1.29 is 29.1 Å². The van der Waals surface area contributed by atoms with Crippen molar-refractivity contribution in [3.05, 3.63) is 48.5 Å².